The van der Waals surface area contributed by atoms with Crippen LogP contribution in [0.4, 0.5) is 5.69 Å². The molecule has 0 radical (unpaired) electrons. The van der Waals surface area contributed by atoms with Gasteiger partial charge >= 0.3 is 0 Å². The predicted molar refractivity (Wildman–Crippen MR) is 80.0 cm³/mol. The number of anilines is 1. The van der Waals surface area contributed by atoms with Gasteiger partial charge in [-0.1, -0.05) is 17.7 Å². The molecule has 0 bridgehead atoms. The van der Waals surface area contributed by atoms with E-state index in [0.29, 0.717) is 10.6 Å². The lowest BCUT2D eigenvalue weighted by molar-refractivity contribution is -0.114. The summed E-state index contributed by atoms with van der Waals surface area (Å²) in [4.78, 5) is 13.9. The number of likely N-dealkylation sites (N-methyl/N-ethyl adjacent to an activating group) is 1. The maximum Gasteiger partial charge on any atom is 0.256 e. The molecule has 3 nitrogen and oxygen atoms in total. The van der Waals surface area contributed by atoms with Crippen molar-refractivity contribution in [1.82, 2.24) is 4.57 Å². The van der Waals surface area contributed by atoms with Gasteiger partial charge in [-0.05, 0) is 19.1 Å². The van der Waals surface area contributed by atoms with E-state index >= 15 is 0 Å². The third kappa shape index (κ3) is 3.77. The van der Waals surface area contributed by atoms with Crippen LogP contribution in [-0.4, -0.2) is 17.5 Å². The van der Waals surface area contributed by atoms with Gasteiger partial charge in [0, 0.05) is 43.5 Å². The van der Waals surface area contributed by atoms with E-state index in [-0.39, 0.29) is 12.3 Å². The third-order valence-electron chi connectivity index (χ3n) is 2.65. The fourth-order valence-electron chi connectivity index (χ4n) is 1.62. The summed E-state index contributed by atoms with van der Waals surface area (Å²) < 4.78 is 1.87. The molecule has 1 aromatic heterocycles. The molecular weight excluding hydrogens is 260 g/mol. The van der Waals surface area contributed by atoms with Crippen molar-refractivity contribution >= 4 is 23.2 Å². The summed E-state index contributed by atoms with van der Waals surface area (Å²) in [6.45, 7) is 1.83. The van der Waals surface area contributed by atoms with Crippen molar-refractivity contribution in [3.8, 4) is 12.3 Å². The maximum atomic E-state index is 12.4. The maximum absolute atomic E-state index is 12.4. The Morgan fingerprint density at radius 3 is 2.79 bits per heavy atom. The molecule has 0 aliphatic carbocycles. The van der Waals surface area contributed by atoms with Crippen molar-refractivity contribution in [3.63, 3.8) is 0 Å². The molecule has 100 valence electrons. The Morgan fingerprint density at radius 2 is 2.32 bits per heavy atom. The molecule has 0 aromatic carbocycles. The summed E-state index contributed by atoms with van der Waals surface area (Å²) in [5.74, 6) is 2.28. The zero-order valence-electron chi connectivity index (χ0n) is 11.4. The van der Waals surface area contributed by atoms with Gasteiger partial charge in [-0.2, -0.15) is 0 Å². The first kappa shape index (κ1) is 15.1. The monoisotopic (exact) mass is 276 g/mol. The van der Waals surface area contributed by atoms with Crippen molar-refractivity contribution in [2.24, 2.45) is 7.05 Å². The molecule has 19 heavy (non-hydrogen) atoms. The molecule has 1 rings (SSSR count). The Balaban J connectivity index is 3.08. The number of hydrogen-bond donors (Lipinski definition) is 0. The van der Waals surface area contributed by atoms with E-state index in [4.69, 9.17) is 18.0 Å². The van der Waals surface area contributed by atoms with Gasteiger partial charge < -0.3 is 9.47 Å². The van der Waals surface area contributed by atoms with Gasteiger partial charge in [-0.25, -0.2) is 0 Å². The highest BCUT2D eigenvalue weighted by Gasteiger charge is 2.18. The van der Waals surface area contributed by atoms with E-state index in [2.05, 4.69) is 5.92 Å². The number of carbonyl (C=O) groups is 1. The van der Waals surface area contributed by atoms with Gasteiger partial charge in [-0.3, -0.25) is 4.79 Å². The number of allylic oxidation sites excluding steroid dienone is 3. The van der Waals surface area contributed by atoms with Crippen LogP contribution in [0.25, 0.3) is 0 Å². The zero-order valence-corrected chi connectivity index (χ0v) is 12.1. The predicted octanol–water partition coefficient (Wildman–Crippen LogP) is 3.08. The Morgan fingerprint density at radius 1 is 1.63 bits per heavy atom. The smallest absolute Gasteiger partial charge is 0.256 e. The SMILES string of the molecule is C#CC/C(C(=O)N(C)c1ccn(C)c1)=C(Cl)\C=C/C. The number of aryl methyl sites for hydroxylation is 1. The molecule has 4 heteroatoms. The molecule has 1 aromatic rings. The van der Waals surface area contributed by atoms with Crippen LogP contribution >= 0.6 is 11.6 Å². The van der Waals surface area contributed by atoms with Gasteiger partial charge in [0.25, 0.3) is 5.91 Å². The first-order valence-electron chi connectivity index (χ1n) is 5.86. The number of halogens is 1. The lowest BCUT2D eigenvalue weighted by Crippen LogP contribution is -2.27. The average molecular weight is 277 g/mol. The van der Waals surface area contributed by atoms with Crippen molar-refractivity contribution in [2.75, 3.05) is 11.9 Å². The largest absolute Gasteiger partial charge is 0.355 e. The highest BCUT2D eigenvalue weighted by atomic mass is 35.5. The lowest BCUT2D eigenvalue weighted by atomic mass is 10.1. The molecular formula is C15H17ClN2O. The second-order valence-corrected chi connectivity index (χ2v) is 4.51. The minimum atomic E-state index is -0.188. The highest BCUT2D eigenvalue weighted by molar-refractivity contribution is 6.34. The van der Waals surface area contributed by atoms with Gasteiger partial charge in [0.2, 0.25) is 0 Å². The zero-order chi connectivity index (χ0) is 14.4. The van der Waals surface area contributed by atoms with E-state index in [9.17, 15) is 4.79 Å². The van der Waals surface area contributed by atoms with Crippen molar-refractivity contribution < 1.29 is 4.79 Å². The molecule has 0 aliphatic heterocycles. The molecule has 0 spiro atoms. The Bertz CT molecular complexity index is 561. The molecule has 0 atom stereocenters. The van der Waals surface area contributed by atoms with Crippen molar-refractivity contribution in [2.45, 2.75) is 13.3 Å². The normalized spacial score (nSPS) is 12.2. The van der Waals surface area contributed by atoms with Gasteiger partial charge in [0.15, 0.2) is 0 Å². The lowest BCUT2D eigenvalue weighted by Gasteiger charge is -2.17. The van der Waals surface area contributed by atoms with E-state index in [0.717, 1.165) is 5.69 Å². The molecule has 0 aliphatic rings. The summed E-state index contributed by atoms with van der Waals surface area (Å²) in [6.07, 6.45) is 12.7. The van der Waals surface area contributed by atoms with E-state index < -0.39 is 0 Å². The molecule has 0 saturated heterocycles. The Hall–Kier alpha value is -1.92. The minimum absolute atomic E-state index is 0.188. The van der Waals surface area contributed by atoms with E-state index in [1.807, 2.05) is 37.0 Å². The van der Waals surface area contributed by atoms with Crippen LogP contribution in [0.1, 0.15) is 13.3 Å². The third-order valence-corrected chi connectivity index (χ3v) is 3.00. The Kier molecular flexibility index (Phi) is 5.47. The Labute approximate surface area is 119 Å². The van der Waals surface area contributed by atoms with Crippen LogP contribution < -0.4 is 4.90 Å². The molecule has 0 saturated carbocycles. The average Bonchev–Trinajstić information content (AvgIpc) is 2.81. The first-order chi connectivity index (χ1) is 9.01. The number of terminal acetylenes is 1. The van der Waals surface area contributed by atoms with Gasteiger partial charge in [0.05, 0.1) is 5.69 Å². The second-order valence-electron chi connectivity index (χ2n) is 4.11. The molecule has 0 fully saturated rings. The van der Waals surface area contributed by atoms with Crippen LogP contribution in [0, 0.1) is 12.3 Å². The summed E-state index contributed by atoms with van der Waals surface area (Å²) in [7, 11) is 3.60. The number of amides is 1. The summed E-state index contributed by atoms with van der Waals surface area (Å²) >= 11 is 6.10. The van der Waals surface area contributed by atoms with Crippen molar-refractivity contribution in [1.29, 1.82) is 0 Å². The minimum Gasteiger partial charge on any atom is -0.355 e. The van der Waals surface area contributed by atoms with E-state index in [1.165, 1.54) is 0 Å². The molecule has 1 heterocycles. The number of nitrogens with zero attached hydrogens (tertiary/aromatic N) is 2. The fourth-order valence-corrected chi connectivity index (χ4v) is 1.89. The quantitative estimate of drug-likeness (QED) is 0.471. The summed E-state index contributed by atoms with van der Waals surface area (Å²) in [5, 5.41) is 0.383. The second kappa shape index (κ2) is 6.86. The number of aromatic nitrogens is 1. The summed E-state index contributed by atoms with van der Waals surface area (Å²) in [5.41, 5.74) is 1.22. The first-order valence-corrected chi connectivity index (χ1v) is 6.23. The molecule has 1 amide bonds. The van der Waals surface area contributed by atoms with Crippen LogP contribution in [0.5, 0.6) is 0 Å². The highest BCUT2D eigenvalue weighted by Crippen LogP contribution is 2.21. The van der Waals surface area contributed by atoms with Crippen LogP contribution in [0.15, 0.2) is 41.2 Å². The van der Waals surface area contributed by atoms with Crippen LogP contribution in [-0.2, 0) is 11.8 Å². The molecule has 0 unspecified atom stereocenters. The van der Waals surface area contributed by atoms with Crippen molar-refractivity contribution in [3.05, 3.63) is 41.2 Å². The number of carbonyl (C=O) groups excluding carboxylic acids is 1. The fraction of sp³-hybridized carbons (Fsp3) is 0.267. The number of rotatable bonds is 4. The van der Waals surface area contributed by atoms with Gasteiger partial charge in [-0.15, -0.1) is 12.3 Å². The number of hydrogen-bond acceptors (Lipinski definition) is 1. The van der Waals surface area contributed by atoms with Crippen LogP contribution in [0.2, 0.25) is 0 Å². The van der Waals surface area contributed by atoms with Gasteiger partial charge in [0.1, 0.15) is 0 Å². The molecule has 0 N–H and O–H groups in total. The topological polar surface area (TPSA) is 25.2 Å². The standard InChI is InChI=1S/C15H17ClN2O/c1-5-7-13(14(16)8-6-2)15(19)18(4)12-9-10-17(3)11-12/h1,6,8-11H,7H2,2-4H3/b8-6-,14-13-. The van der Waals surface area contributed by atoms with E-state index in [1.54, 1.807) is 24.1 Å². The summed E-state index contributed by atoms with van der Waals surface area (Å²) in [6, 6.07) is 1.86. The van der Waals surface area contributed by atoms with Crippen LogP contribution in [0.3, 0.4) is 0 Å².